The SMILES string of the molecule is Nc1c(C(=O)Nc2ccccc2[N+](=O)[O-])sc2nc(-c3ccccc3)cc(-c3ccccc3)c12. The van der Waals surface area contributed by atoms with Gasteiger partial charge >= 0.3 is 0 Å². The number of fused-ring (bicyclic) bond motifs is 1. The molecule has 2 aromatic heterocycles. The summed E-state index contributed by atoms with van der Waals surface area (Å²) in [6.07, 6.45) is 0. The topological polar surface area (TPSA) is 111 Å². The molecule has 2 heterocycles. The normalized spacial score (nSPS) is 10.8. The van der Waals surface area contributed by atoms with Gasteiger partial charge < -0.3 is 11.1 Å². The van der Waals surface area contributed by atoms with Crippen molar-refractivity contribution in [1.29, 1.82) is 0 Å². The molecule has 0 aliphatic heterocycles. The Bertz CT molecular complexity index is 1530. The van der Waals surface area contributed by atoms with E-state index in [2.05, 4.69) is 5.32 Å². The van der Waals surface area contributed by atoms with Crippen LogP contribution in [0.2, 0.25) is 0 Å². The Morgan fingerprint density at radius 2 is 1.53 bits per heavy atom. The molecule has 0 radical (unpaired) electrons. The minimum absolute atomic E-state index is 0.107. The van der Waals surface area contributed by atoms with E-state index in [9.17, 15) is 14.9 Å². The van der Waals surface area contributed by atoms with Gasteiger partial charge in [0.05, 0.1) is 16.3 Å². The lowest BCUT2D eigenvalue weighted by Crippen LogP contribution is -2.13. The molecule has 0 saturated heterocycles. The lowest BCUT2D eigenvalue weighted by molar-refractivity contribution is -0.383. The average molecular weight is 467 g/mol. The minimum Gasteiger partial charge on any atom is -0.397 e. The summed E-state index contributed by atoms with van der Waals surface area (Å²) in [5.74, 6) is -0.518. The summed E-state index contributed by atoms with van der Waals surface area (Å²) in [6.45, 7) is 0. The number of para-hydroxylation sites is 2. The molecule has 0 saturated carbocycles. The molecule has 0 aliphatic carbocycles. The first-order valence-corrected chi connectivity index (χ1v) is 11.2. The van der Waals surface area contributed by atoms with Gasteiger partial charge in [0.25, 0.3) is 11.6 Å². The number of hydrogen-bond acceptors (Lipinski definition) is 6. The van der Waals surface area contributed by atoms with Crippen molar-refractivity contribution in [1.82, 2.24) is 4.98 Å². The van der Waals surface area contributed by atoms with E-state index in [1.54, 1.807) is 12.1 Å². The predicted octanol–water partition coefficient (Wildman–Crippen LogP) is 6.37. The van der Waals surface area contributed by atoms with Crippen LogP contribution in [0.3, 0.4) is 0 Å². The van der Waals surface area contributed by atoms with Crippen LogP contribution in [0.1, 0.15) is 9.67 Å². The fourth-order valence-electron chi connectivity index (χ4n) is 3.81. The summed E-state index contributed by atoms with van der Waals surface area (Å²) in [5, 5.41) is 14.7. The second kappa shape index (κ2) is 8.76. The molecule has 0 atom stereocenters. The standard InChI is InChI=1S/C26H18N4O3S/c27-23-22-18(16-9-3-1-4-10-16)15-20(17-11-5-2-6-12-17)29-26(22)34-24(23)25(31)28-19-13-7-8-14-21(19)30(32)33/h1-15H,27H2,(H,28,31). The molecule has 7 nitrogen and oxygen atoms in total. The van der Waals surface area contributed by atoms with E-state index >= 15 is 0 Å². The summed E-state index contributed by atoms with van der Waals surface area (Å²) in [4.78, 5) is 29.6. The van der Waals surface area contributed by atoms with Gasteiger partial charge in [-0.3, -0.25) is 14.9 Å². The van der Waals surface area contributed by atoms with Crippen LogP contribution in [0.5, 0.6) is 0 Å². The van der Waals surface area contributed by atoms with E-state index in [4.69, 9.17) is 10.7 Å². The van der Waals surface area contributed by atoms with Crippen molar-refractivity contribution in [2.24, 2.45) is 0 Å². The number of nitrogen functional groups attached to an aromatic ring is 1. The number of thiophene rings is 1. The highest BCUT2D eigenvalue weighted by atomic mass is 32.1. The molecule has 5 aromatic rings. The van der Waals surface area contributed by atoms with E-state index < -0.39 is 10.8 Å². The van der Waals surface area contributed by atoms with Gasteiger partial charge in [-0.05, 0) is 23.3 Å². The molecule has 0 spiro atoms. The lowest BCUT2D eigenvalue weighted by Gasteiger charge is -2.09. The lowest BCUT2D eigenvalue weighted by atomic mass is 9.99. The second-order valence-electron chi connectivity index (χ2n) is 7.54. The van der Waals surface area contributed by atoms with E-state index in [0.717, 1.165) is 22.4 Å². The molecule has 0 unspecified atom stereocenters. The quantitative estimate of drug-likeness (QED) is 0.231. The van der Waals surface area contributed by atoms with Gasteiger partial charge in [0.2, 0.25) is 0 Å². The Balaban J connectivity index is 1.66. The summed E-state index contributed by atoms with van der Waals surface area (Å²) >= 11 is 1.17. The number of rotatable bonds is 5. The third-order valence-electron chi connectivity index (χ3n) is 5.41. The van der Waals surface area contributed by atoms with Gasteiger partial charge in [-0.15, -0.1) is 11.3 Å². The van der Waals surface area contributed by atoms with Crippen LogP contribution in [-0.4, -0.2) is 15.8 Å². The van der Waals surface area contributed by atoms with Crippen LogP contribution >= 0.6 is 11.3 Å². The van der Waals surface area contributed by atoms with Gasteiger partial charge in [-0.2, -0.15) is 0 Å². The molecule has 3 aromatic carbocycles. The van der Waals surface area contributed by atoms with E-state index in [-0.39, 0.29) is 16.3 Å². The molecular formula is C26H18N4O3S. The van der Waals surface area contributed by atoms with Gasteiger partial charge in [-0.1, -0.05) is 72.8 Å². The summed E-state index contributed by atoms with van der Waals surface area (Å²) in [5.41, 5.74) is 10.2. The van der Waals surface area contributed by atoms with Crippen molar-refractivity contribution in [2.45, 2.75) is 0 Å². The molecule has 1 amide bonds. The van der Waals surface area contributed by atoms with Crippen molar-refractivity contribution in [3.8, 4) is 22.4 Å². The number of carbonyl (C=O) groups excluding carboxylic acids is 1. The largest absolute Gasteiger partial charge is 0.397 e. The third kappa shape index (κ3) is 3.87. The Morgan fingerprint density at radius 3 is 2.21 bits per heavy atom. The summed E-state index contributed by atoms with van der Waals surface area (Å²) in [7, 11) is 0. The fourth-order valence-corrected chi connectivity index (χ4v) is 4.82. The number of anilines is 2. The summed E-state index contributed by atoms with van der Waals surface area (Å²) < 4.78 is 0. The Hall–Kier alpha value is -4.56. The molecule has 0 fully saturated rings. The van der Waals surface area contributed by atoms with Crippen molar-refractivity contribution in [2.75, 3.05) is 11.1 Å². The smallest absolute Gasteiger partial charge is 0.292 e. The molecule has 3 N–H and O–H groups in total. The fraction of sp³-hybridized carbons (Fsp3) is 0. The van der Waals surface area contributed by atoms with Crippen molar-refractivity contribution in [3.63, 3.8) is 0 Å². The Kier molecular flexibility index (Phi) is 5.49. The van der Waals surface area contributed by atoms with E-state index in [1.165, 1.54) is 23.5 Å². The van der Waals surface area contributed by atoms with Crippen molar-refractivity contribution >= 4 is 44.5 Å². The van der Waals surface area contributed by atoms with Crippen LogP contribution in [0.4, 0.5) is 17.1 Å². The number of aromatic nitrogens is 1. The number of amides is 1. The summed E-state index contributed by atoms with van der Waals surface area (Å²) in [6, 6.07) is 27.5. The molecule has 5 rings (SSSR count). The maximum Gasteiger partial charge on any atom is 0.292 e. The van der Waals surface area contributed by atoms with E-state index in [0.29, 0.717) is 15.9 Å². The second-order valence-corrected chi connectivity index (χ2v) is 8.54. The zero-order chi connectivity index (χ0) is 23.7. The predicted molar refractivity (Wildman–Crippen MR) is 136 cm³/mol. The van der Waals surface area contributed by atoms with Crippen LogP contribution < -0.4 is 11.1 Å². The first-order valence-electron chi connectivity index (χ1n) is 10.4. The Labute approximate surface area is 198 Å². The van der Waals surface area contributed by atoms with Crippen molar-refractivity contribution in [3.05, 3.63) is 106 Å². The molecule has 0 bridgehead atoms. The number of nitro groups is 1. The number of nitro benzene ring substituents is 1. The number of nitrogens with two attached hydrogens (primary N) is 1. The first-order chi connectivity index (χ1) is 16.5. The zero-order valence-corrected chi connectivity index (χ0v) is 18.6. The van der Waals surface area contributed by atoms with E-state index in [1.807, 2.05) is 66.7 Å². The van der Waals surface area contributed by atoms with Crippen LogP contribution in [0.25, 0.3) is 32.6 Å². The van der Waals surface area contributed by atoms with Crippen LogP contribution in [0, 0.1) is 10.1 Å². The third-order valence-corrected chi connectivity index (χ3v) is 6.51. The maximum absolute atomic E-state index is 13.2. The molecule has 0 aliphatic rings. The maximum atomic E-state index is 13.2. The number of carbonyl (C=O) groups is 1. The molecule has 8 heteroatoms. The number of nitrogens with zero attached hydrogens (tertiary/aromatic N) is 2. The van der Waals surface area contributed by atoms with Gasteiger partial charge in [0, 0.05) is 17.0 Å². The van der Waals surface area contributed by atoms with Gasteiger partial charge in [0.1, 0.15) is 15.4 Å². The highest BCUT2D eigenvalue weighted by Crippen LogP contribution is 2.41. The Morgan fingerprint density at radius 1 is 0.912 bits per heavy atom. The average Bonchev–Trinajstić information content (AvgIpc) is 3.21. The van der Waals surface area contributed by atoms with Gasteiger partial charge in [0.15, 0.2) is 0 Å². The minimum atomic E-state index is -0.537. The van der Waals surface area contributed by atoms with Crippen LogP contribution in [0.15, 0.2) is 91.0 Å². The monoisotopic (exact) mass is 466 g/mol. The number of benzene rings is 3. The van der Waals surface area contributed by atoms with Crippen molar-refractivity contribution < 1.29 is 9.72 Å². The highest BCUT2D eigenvalue weighted by molar-refractivity contribution is 7.21. The van der Waals surface area contributed by atoms with Gasteiger partial charge in [-0.25, -0.2) is 4.98 Å². The first kappa shape index (κ1) is 21.3. The number of pyridine rings is 1. The molecule has 166 valence electrons. The molecular weight excluding hydrogens is 448 g/mol. The number of hydrogen-bond donors (Lipinski definition) is 2. The molecule has 34 heavy (non-hydrogen) atoms. The number of nitrogens with one attached hydrogen (secondary N) is 1. The zero-order valence-electron chi connectivity index (χ0n) is 17.8. The highest BCUT2D eigenvalue weighted by Gasteiger charge is 2.23. The van der Waals surface area contributed by atoms with Crippen LogP contribution in [-0.2, 0) is 0 Å².